The summed E-state index contributed by atoms with van der Waals surface area (Å²) in [6.45, 7) is 0. The zero-order valence-electron chi connectivity index (χ0n) is 4.07. The van der Waals surface area contributed by atoms with E-state index in [0.717, 1.165) is 0 Å². The Hall–Kier alpha value is -0.556. The average molecular weight is 152 g/mol. The van der Waals surface area contributed by atoms with E-state index in [1.54, 1.807) is 12.3 Å². The van der Waals surface area contributed by atoms with Gasteiger partial charge in [0.1, 0.15) is 0 Å². The molecule has 0 spiro atoms. The third kappa shape index (κ3) is 3.63. The number of rotatable bonds is 0. The molecule has 0 atom stereocenters. The second-order valence-corrected chi connectivity index (χ2v) is 0.959. The van der Waals surface area contributed by atoms with Gasteiger partial charge in [0.25, 0.3) is 0 Å². The largest absolute Gasteiger partial charge is 0.394 e. The summed E-state index contributed by atoms with van der Waals surface area (Å²) in [6, 6.07) is 5.50. The Morgan fingerprint density at radius 2 is 2.12 bits per heavy atom. The van der Waals surface area contributed by atoms with Crippen molar-refractivity contribution in [1.29, 1.82) is 4.45 Å². The first-order chi connectivity index (χ1) is 4.00. The van der Waals surface area contributed by atoms with Crippen molar-refractivity contribution in [2.75, 3.05) is 0 Å². The third-order valence-corrected chi connectivity index (χ3v) is 0.517. The first-order valence-corrected chi connectivity index (χ1v) is 2.42. The fourth-order valence-electron chi connectivity index (χ4n) is 0.277. The number of pyridine rings is 1. The molecule has 8 heavy (non-hydrogen) atoms. The zero-order chi connectivity index (χ0) is 6.24. The molecular weight excluding hydrogens is 147 g/mol. The molecule has 3 heteroatoms. The van der Waals surface area contributed by atoms with Gasteiger partial charge in [-0.05, 0) is 0 Å². The molecule has 0 radical (unpaired) electrons. The van der Waals surface area contributed by atoms with Crippen LogP contribution in [0.1, 0.15) is 0 Å². The predicted octanol–water partition coefficient (Wildman–Crippen LogP) is 1.18. The molecule has 0 amide bonds. The molecule has 2 nitrogen and oxygen atoms in total. The van der Waals surface area contributed by atoms with Crippen LogP contribution in [0.25, 0.3) is 0 Å². The maximum absolute atomic E-state index is 5.38. The zero-order valence-corrected chi connectivity index (χ0v) is 5.06. The molecular formula is C5H5N2Ni-. The summed E-state index contributed by atoms with van der Waals surface area (Å²) < 4.78 is 5.38. The molecule has 1 N–H and O–H groups in total. The summed E-state index contributed by atoms with van der Waals surface area (Å²) in [5, 5.41) is 0. The summed E-state index contributed by atoms with van der Waals surface area (Å²) in [5.74, 6) is 0. The van der Waals surface area contributed by atoms with Crippen LogP contribution in [0.5, 0.6) is 0 Å². The number of nitrogens with one attached hydrogen (secondary N) is 1. The summed E-state index contributed by atoms with van der Waals surface area (Å²) in [7, 11) is 0. The van der Waals surface area contributed by atoms with Crippen molar-refractivity contribution in [1.82, 2.24) is 4.98 Å². The Morgan fingerprint density at radius 3 is 2.25 bits per heavy atom. The molecule has 0 aliphatic rings. The number of hydrogen-bond donors (Lipinski definition) is 1. The Balaban J connectivity index is 0.000000222. The van der Waals surface area contributed by atoms with Crippen LogP contribution >= 0.6 is 0 Å². The van der Waals surface area contributed by atoms with Gasteiger partial charge >= 0.3 is 19.7 Å². The number of nitrogens with zero attached hydrogens (tertiary/aromatic N) is 1. The van der Waals surface area contributed by atoms with Gasteiger partial charge < -0.3 is 4.98 Å². The van der Waals surface area contributed by atoms with Gasteiger partial charge in [-0.1, -0.05) is 12.4 Å². The van der Waals surface area contributed by atoms with Gasteiger partial charge in [0.2, 0.25) is 0 Å². The van der Waals surface area contributed by atoms with Crippen LogP contribution in [0.3, 0.4) is 0 Å². The van der Waals surface area contributed by atoms with E-state index >= 15 is 0 Å². The molecule has 0 bridgehead atoms. The molecule has 0 fully saturated rings. The van der Waals surface area contributed by atoms with Crippen LogP contribution in [0, 0.1) is 10.6 Å². The fourth-order valence-corrected chi connectivity index (χ4v) is 0.277. The molecule has 1 heterocycles. The standard InChI is InChI=1S/C5H4N.HN.Ni/c1-2-4-6-5-3-1;;/h1-4H;1H;/q-1;;. The average Bonchev–Trinajstić information content (AvgIpc) is 1.96. The molecule has 0 saturated carbocycles. The van der Waals surface area contributed by atoms with Crippen molar-refractivity contribution >= 4 is 0 Å². The minimum atomic E-state index is 1.69. The summed E-state index contributed by atoms with van der Waals surface area (Å²) in [6.07, 6.45) is 4.34. The Kier molecular flexibility index (Phi) is 6.00. The maximum Gasteiger partial charge on any atom is -0.0813 e. The van der Waals surface area contributed by atoms with E-state index < -0.39 is 0 Å². The van der Waals surface area contributed by atoms with Crippen LogP contribution < -0.4 is 0 Å². The van der Waals surface area contributed by atoms with Gasteiger partial charge in [0.15, 0.2) is 0 Å². The van der Waals surface area contributed by atoms with E-state index in [-0.39, 0.29) is 0 Å². The smallest absolute Gasteiger partial charge is 0.0813 e. The van der Waals surface area contributed by atoms with Gasteiger partial charge in [0, 0.05) is 0 Å². The predicted molar refractivity (Wildman–Crippen MR) is 25.8 cm³/mol. The molecule has 1 rings (SSSR count). The minimum absolute atomic E-state index is 1.69. The first-order valence-electron chi connectivity index (χ1n) is 1.93. The normalized spacial score (nSPS) is 6.75. The molecule has 46 valence electrons. The van der Waals surface area contributed by atoms with Crippen molar-refractivity contribution in [2.24, 2.45) is 0 Å². The van der Waals surface area contributed by atoms with Crippen molar-refractivity contribution < 1.29 is 15.3 Å². The van der Waals surface area contributed by atoms with E-state index in [2.05, 4.69) is 26.4 Å². The van der Waals surface area contributed by atoms with Gasteiger partial charge in [-0.2, -0.15) is 18.2 Å². The van der Waals surface area contributed by atoms with Gasteiger partial charge in [0.05, 0.1) is 0 Å². The van der Waals surface area contributed by atoms with E-state index in [4.69, 9.17) is 4.45 Å². The molecule has 0 aliphatic carbocycles. The molecule has 0 saturated heterocycles. The van der Waals surface area contributed by atoms with Crippen LogP contribution in [0.4, 0.5) is 0 Å². The van der Waals surface area contributed by atoms with Crippen molar-refractivity contribution in [3.05, 3.63) is 30.6 Å². The molecule has 0 aliphatic heterocycles. The van der Waals surface area contributed by atoms with Gasteiger partial charge in [-0.25, -0.2) is 0 Å². The van der Waals surface area contributed by atoms with Crippen LogP contribution in [-0.2, 0) is 15.3 Å². The molecule has 1 aromatic heterocycles. The van der Waals surface area contributed by atoms with Crippen molar-refractivity contribution in [3.8, 4) is 0 Å². The van der Waals surface area contributed by atoms with Crippen molar-refractivity contribution in [3.63, 3.8) is 0 Å². The second-order valence-electron chi connectivity index (χ2n) is 0.959. The molecule has 0 unspecified atom stereocenters. The van der Waals surface area contributed by atoms with E-state index in [0.29, 0.717) is 0 Å². The van der Waals surface area contributed by atoms with Crippen LogP contribution in [0.15, 0.2) is 24.4 Å². The maximum atomic E-state index is 5.38. The second kappa shape index (κ2) is 6.44. The van der Waals surface area contributed by atoms with Gasteiger partial charge in [-0.15, -0.1) is 0 Å². The number of hydrogen-bond acceptors (Lipinski definition) is 2. The summed E-state index contributed by atoms with van der Waals surface area (Å²) in [4.78, 5) is 3.66. The monoisotopic (exact) mass is 151 g/mol. The third-order valence-electron chi connectivity index (χ3n) is 0.517. The quantitative estimate of drug-likeness (QED) is 0.439. The van der Waals surface area contributed by atoms with Crippen LogP contribution in [-0.4, -0.2) is 4.98 Å². The Morgan fingerprint density at radius 1 is 1.38 bits per heavy atom. The summed E-state index contributed by atoms with van der Waals surface area (Å²) >= 11 is 3.12. The van der Waals surface area contributed by atoms with Gasteiger partial charge in [-0.3, -0.25) is 0 Å². The first kappa shape index (κ1) is 7.44. The van der Waals surface area contributed by atoms with E-state index in [1.165, 1.54) is 0 Å². The van der Waals surface area contributed by atoms with Crippen LogP contribution in [0.2, 0.25) is 0 Å². The van der Waals surface area contributed by atoms with Crippen molar-refractivity contribution in [2.45, 2.75) is 0 Å². The van der Waals surface area contributed by atoms with E-state index in [9.17, 15) is 0 Å². The molecule has 0 aromatic carbocycles. The Bertz CT molecular complexity index is 93.3. The molecule has 1 aromatic rings. The summed E-state index contributed by atoms with van der Waals surface area (Å²) in [5.41, 5.74) is 0. The minimum Gasteiger partial charge on any atom is -0.394 e. The SMILES string of the molecule is [NH]=[Ni].[c-]1ccccn1. The topological polar surface area (TPSA) is 36.7 Å². The van der Waals surface area contributed by atoms with E-state index in [1.807, 2.05) is 12.1 Å². The fraction of sp³-hybridized carbons (Fsp3) is 0. The Labute approximate surface area is 55.9 Å². The number of aromatic nitrogens is 1.